The van der Waals surface area contributed by atoms with Crippen LogP contribution >= 0.6 is 0 Å². The number of carbonyl (C=O) groups excluding carboxylic acids is 1. The summed E-state index contributed by atoms with van der Waals surface area (Å²) in [7, 11) is 1.55. The molecule has 2 aromatic carbocycles. The van der Waals surface area contributed by atoms with Crippen LogP contribution in [0.1, 0.15) is 16.1 Å². The zero-order valence-corrected chi connectivity index (χ0v) is 12.1. The summed E-state index contributed by atoms with van der Waals surface area (Å²) in [5.74, 6) is -0.175. The molecule has 0 unspecified atom stereocenters. The second-order valence-electron chi connectivity index (χ2n) is 4.74. The minimum Gasteiger partial charge on any atom is -0.497 e. The van der Waals surface area contributed by atoms with E-state index in [0.29, 0.717) is 22.4 Å². The van der Waals surface area contributed by atoms with E-state index in [0.717, 1.165) is 0 Å². The predicted octanol–water partition coefficient (Wildman–Crippen LogP) is 4.11. The van der Waals surface area contributed by atoms with Crippen LogP contribution in [0.2, 0.25) is 0 Å². The van der Waals surface area contributed by atoms with E-state index < -0.39 is 11.8 Å². The minimum absolute atomic E-state index is 0.00378. The van der Waals surface area contributed by atoms with Crippen LogP contribution in [-0.4, -0.2) is 13.1 Å². The lowest BCUT2D eigenvalue weighted by Crippen LogP contribution is -2.08. The van der Waals surface area contributed by atoms with E-state index >= 15 is 0 Å². The second kappa shape index (κ2) is 5.52. The fourth-order valence-corrected chi connectivity index (χ4v) is 2.20. The lowest BCUT2D eigenvalue weighted by Gasteiger charge is -2.04. The molecule has 0 amide bonds. The number of para-hydroxylation sites is 1. The first-order valence-corrected chi connectivity index (χ1v) is 6.64. The van der Waals surface area contributed by atoms with Crippen LogP contribution in [0.4, 0.5) is 4.39 Å². The summed E-state index contributed by atoms with van der Waals surface area (Å²) in [6, 6.07) is 11.1. The van der Waals surface area contributed by atoms with Crippen molar-refractivity contribution in [2.45, 2.75) is 6.92 Å². The first-order chi connectivity index (χ1) is 10.6. The molecule has 0 saturated heterocycles. The highest BCUT2D eigenvalue weighted by Gasteiger charge is 2.21. The zero-order chi connectivity index (χ0) is 15.7. The van der Waals surface area contributed by atoms with Gasteiger partial charge in [-0.05, 0) is 37.3 Å². The van der Waals surface area contributed by atoms with Crippen molar-refractivity contribution in [3.05, 3.63) is 59.6 Å². The normalized spacial score (nSPS) is 10.7. The highest BCUT2D eigenvalue weighted by Crippen LogP contribution is 2.28. The maximum atomic E-state index is 13.7. The van der Waals surface area contributed by atoms with Crippen molar-refractivity contribution < 1.29 is 23.1 Å². The number of benzene rings is 2. The lowest BCUT2D eigenvalue weighted by molar-refractivity contribution is 0.0702. The Morgan fingerprint density at radius 2 is 1.77 bits per heavy atom. The molecule has 0 aliphatic carbocycles. The highest BCUT2D eigenvalue weighted by atomic mass is 19.1. The topological polar surface area (TPSA) is 48.7 Å². The molecule has 0 N–H and O–H groups in total. The number of carbonyl (C=O) groups is 1. The SMILES string of the molecule is COc1ccc(OC(=O)c2oc3c(F)cccc3c2C)cc1. The first kappa shape index (κ1) is 14.1. The molecule has 5 heteroatoms. The van der Waals surface area contributed by atoms with Crippen LogP contribution in [0.15, 0.2) is 46.9 Å². The van der Waals surface area contributed by atoms with Gasteiger partial charge in [-0.1, -0.05) is 12.1 Å². The summed E-state index contributed by atoms with van der Waals surface area (Å²) in [4.78, 5) is 12.2. The van der Waals surface area contributed by atoms with Gasteiger partial charge in [0.05, 0.1) is 7.11 Å². The number of fused-ring (bicyclic) bond motifs is 1. The summed E-state index contributed by atoms with van der Waals surface area (Å²) < 4.78 is 29.3. The predicted molar refractivity (Wildman–Crippen MR) is 78.9 cm³/mol. The Morgan fingerprint density at radius 3 is 2.41 bits per heavy atom. The van der Waals surface area contributed by atoms with Gasteiger partial charge in [-0.25, -0.2) is 9.18 Å². The molecule has 0 spiro atoms. The molecule has 0 aliphatic rings. The molecule has 4 nitrogen and oxygen atoms in total. The average molecular weight is 300 g/mol. The number of halogens is 1. The maximum absolute atomic E-state index is 13.7. The minimum atomic E-state index is -0.668. The van der Waals surface area contributed by atoms with Crippen LogP contribution in [0, 0.1) is 12.7 Å². The molecule has 0 fully saturated rings. The lowest BCUT2D eigenvalue weighted by atomic mass is 10.1. The molecule has 0 aliphatic heterocycles. The molecule has 22 heavy (non-hydrogen) atoms. The van der Waals surface area contributed by atoms with Crippen molar-refractivity contribution in [1.29, 1.82) is 0 Å². The van der Waals surface area contributed by atoms with E-state index in [4.69, 9.17) is 13.9 Å². The van der Waals surface area contributed by atoms with Crippen molar-refractivity contribution in [3.63, 3.8) is 0 Å². The Labute approximate surface area is 126 Å². The highest BCUT2D eigenvalue weighted by molar-refractivity contribution is 5.96. The summed E-state index contributed by atoms with van der Waals surface area (Å²) in [5, 5.41) is 0.557. The number of ether oxygens (including phenoxy) is 2. The van der Waals surface area contributed by atoms with E-state index in [1.54, 1.807) is 50.4 Å². The van der Waals surface area contributed by atoms with Crippen molar-refractivity contribution >= 4 is 16.9 Å². The third-order valence-electron chi connectivity index (χ3n) is 3.37. The Hall–Kier alpha value is -2.82. The average Bonchev–Trinajstić information content (AvgIpc) is 2.87. The number of esters is 1. The number of hydrogen-bond acceptors (Lipinski definition) is 4. The van der Waals surface area contributed by atoms with Crippen LogP contribution in [0.3, 0.4) is 0 Å². The van der Waals surface area contributed by atoms with Gasteiger partial charge < -0.3 is 13.9 Å². The number of methoxy groups -OCH3 is 1. The van der Waals surface area contributed by atoms with Crippen LogP contribution < -0.4 is 9.47 Å². The second-order valence-corrected chi connectivity index (χ2v) is 4.74. The van der Waals surface area contributed by atoms with Gasteiger partial charge >= 0.3 is 5.97 Å². The van der Waals surface area contributed by atoms with E-state index in [9.17, 15) is 9.18 Å². The molecule has 3 rings (SSSR count). The molecule has 0 atom stereocenters. The van der Waals surface area contributed by atoms with Gasteiger partial charge in [0.2, 0.25) is 5.76 Å². The quantitative estimate of drug-likeness (QED) is 0.539. The van der Waals surface area contributed by atoms with Gasteiger partial charge in [-0.3, -0.25) is 0 Å². The van der Waals surface area contributed by atoms with Crippen molar-refractivity contribution in [2.24, 2.45) is 0 Å². The Bertz CT molecular complexity index is 834. The first-order valence-electron chi connectivity index (χ1n) is 6.64. The maximum Gasteiger partial charge on any atom is 0.379 e. The number of aryl methyl sites for hydroxylation is 1. The van der Waals surface area contributed by atoms with Gasteiger partial charge in [-0.2, -0.15) is 0 Å². The Balaban J connectivity index is 1.91. The third-order valence-corrected chi connectivity index (χ3v) is 3.37. The molecule has 112 valence electrons. The number of furan rings is 1. The van der Waals surface area contributed by atoms with E-state index in [2.05, 4.69) is 0 Å². The molecule has 1 aromatic heterocycles. The fraction of sp³-hybridized carbons (Fsp3) is 0.118. The van der Waals surface area contributed by atoms with Crippen LogP contribution in [0.25, 0.3) is 11.0 Å². The summed E-state index contributed by atoms with van der Waals surface area (Å²) >= 11 is 0. The Morgan fingerprint density at radius 1 is 1.09 bits per heavy atom. The van der Waals surface area contributed by atoms with Crippen molar-refractivity contribution in [2.75, 3.05) is 7.11 Å². The Kier molecular flexibility index (Phi) is 3.55. The molecular formula is C17H13FO4. The summed E-state index contributed by atoms with van der Waals surface area (Å²) in [5.41, 5.74) is 0.606. The molecule has 0 radical (unpaired) electrons. The van der Waals surface area contributed by atoms with Gasteiger partial charge in [0.15, 0.2) is 11.4 Å². The largest absolute Gasteiger partial charge is 0.497 e. The van der Waals surface area contributed by atoms with Gasteiger partial charge in [0.25, 0.3) is 0 Å². The van der Waals surface area contributed by atoms with E-state index in [1.807, 2.05) is 0 Å². The number of hydrogen-bond donors (Lipinski definition) is 0. The molecular weight excluding hydrogens is 287 g/mol. The number of rotatable bonds is 3. The van der Waals surface area contributed by atoms with E-state index in [1.165, 1.54) is 6.07 Å². The van der Waals surface area contributed by atoms with Gasteiger partial charge in [0, 0.05) is 10.9 Å². The van der Waals surface area contributed by atoms with Gasteiger partial charge in [0.1, 0.15) is 11.5 Å². The molecule has 0 saturated carbocycles. The molecule has 0 bridgehead atoms. The van der Waals surface area contributed by atoms with Gasteiger partial charge in [-0.15, -0.1) is 0 Å². The van der Waals surface area contributed by atoms with Crippen LogP contribution in [0.5, 0.6) is 11.5 Å². The summed E-state index contributed by atoms with van der Waals surface area (Å²) in [6.45, 7) is 1.69. The third kappa shape index (κ3) is 2.41. The van der Waals surface area contributed by atoms with E-state index in [-0.39, 0.29) is 11.3 Å². The standard InChI is InChI=1S/C17H13FO4/c1-10-13-4-3-5-14(18)16(13)22-15(10)17(19)21-12-8-6-11(20-2)7-9-12/h3-9H,1-2H3. The molecule has 1 heterocycles. The van der Waals surface area contributed by atoms with Crippen molar-refractivity contribution in [1.82, 2.24) is 0 Å². The van der Waals surface area contributed by atoms with Crippen molar-refractivity contribution in [3.8, 4) is 11.5 Å². The zero-order valence-electron chi connectivity index (χ0n) is 12.1. The monoisotopic (exact) mass is 300 g/mol. The molecule has 3 aromatic rings. The van der Waals surface area contributed by atoms with Crippen LogP contribution in [-0.2, 0) is 0 Å². The summed E-state index contributed by atoms with van der Waals surface area (Å²) in [6.07, 6.45) is 0. The fourth-order valence-electron chi connectivity index (χ4n) is 2.20. The smallest absolute Gasteiger partial charge is 0.379 e.